The van der Waals surface area contributed by atoms with Crippen molar-refractivity contribution in [2.75, 3.05) is 32.8 Å². The number of ether oxygens (including phenoxy) is 2. The summed E-state index contributed by atoms with van der Waals surface area (Å²) < 4.78 is 49.9. The first-order valence-corrected chi connectivity index (χ1v) is 13.3. The van der Waals surface area contributed by atoms with Crippen LogP contribution in [0.1, 0.15) is 56.6 Å². The van der Waals surface area contributed by atoms with E-state index in [0.717, 1.165) is 35.0 Å². The minimum atomic E-state index is -4.55. The first kappa shape index (κ1) is 32.2. The Balaban J connectivity index is 1.75. The van der Waals surface area contributed by atoms with Crippen molar-refractivity contribution in [3.8, 4) is 11.6 Å². The molecule has 0 radical (unpaired) electrons. The first-order valence-electron chi connectivity index (χ1n) is 13.3. The average molecular weight is 598 g/mol. The topological polar surface area (TPSA) is 143 Å². The largest absolute Gasteiger partial charge is 0.493 e. The van der Waals surface area contributed by atoms with Crippen LogP contribution in [0, 0.1) is 0 Å². The molecule has 1 aromatic heterocycles. The van der Waals surface area contributed by atoms with Crippen molar-refractivity contribution in [3.63, 3.8) is 0 Å². The predicted molar refractivity (Wildman–Crippen MR) is 142 cm³/mol. The molecule has 1 saturated heterocycles. The number of alkyl halides is 3. The van der Waals surface area contributed by atoms with Crippen molar-refractivity contribution in [1.82, 2.24) is 24.9 Å². The minimum Gasteiger partial charge on any atom is -0.493 e. The molecule has 2 N–H and O–H groups in total. The molecule has 1 atom stereocenters. The van der Waals surface area contributed by atoms with Crippen molar-refractivity contribution in [3.05, 3.63) is 41.6 Å². The molecule has 0 saturated carbocycles. The van der Waals surface area contributed by atoms with Crippen LogP contribution in [-0.4, -0.2) is 93.0 Å². The molecule has 1 fully saturated rings. The number of esters is 1. The fourth-order valence-corrected chi connectivity index (χ4v) is 4.15. The number of amides is 3. The molecular weight excluding hydrogens is 563 g/mol. The molecule has 0 spiro atoms. The molecule has 3 rings (SSSR count). The lowest BCUT2D eigenvalue weighted by molar-refractivity contribution is -0.155. The third-order valence-corrected chi connectivity index (χ3v) is 6.14. The molecule has 1 aromatic carbocycles. The van der Waals surface area contributed by atoms with E-state index in [9.17, 15) is 37.5 Å². The van der Waals surface area contributed by atoms with Crippen molar-refractivity contribution >= 4 is 23.9 Å². The van der Waals surface area contributed by atoms with Crippen LogP contribution in [0.3, 0.4) is 0 Å². The van der Waals surface area contributed by atoms with Gasteiger partial charge in [0.25, 0.3) is 5.91 Å². The van der Waals surface area contributed by atoms with E-state index in [-0.39, 0.29) is 57.0 Å². The van der Waals surface area contributed by atoms with Crippen molar-refractivity contribution in [1.29, 1.82) is 0 Å². The van der Waals surface area contributed by atoms with Gasteiger partial charge in [-0.3, -0.25) is 14.4 Å². The van der Waals surface area contributed by atoms with Crippen LogP contribution in [0.4, 0.5) is 18.0 Å². The van der Waals surface area contributed by atoms with E-state index >= 15 is 0 Å². The summed E-state index contributed by atoms with van der Waals surface area (Å²) in [7, 11) is 0. The van der Waals surface area contributed by atoms with Gasteiger partial charge in [-0.1, -0.05) is 0 Å². The van der Waals surface area contributed by atoms with E-state index < -0.39 is 53.1 Å². The highest BCUT2D eigenvalue weighted by molar-refractivity contribution is 5.96. The number of hydrogen-bond acceptors (Lipinski definition) is 8. The second-order valence-electron chi connectivity index (χ2n) is 10.5. The van der Waals surface area contributed by atoms with Crippen LogP contribution in [0.25, 0.3) is 5.69 Å². The number of nitrogens with zero attached hydrogens (tertiary/aromatic N) is 4. The smallest absolute Gasteiger partial charge is 0.416 e. The van der Waals surface area contributed by atoms with E-state index in [4.69, 9.17) is 9.47 Å². The van der Waals surface area contributed by atoms with Crippen LogP contribution in [0.5, 0.6) is 5.88 Å². The van der Waals surface area contributed by atoms with Gasteiger partial charge >= 0.3 is 18.2 Å². The highest BCUT2D eigenvalue weighted by Crippen LogP contribution is 2.30. The van der Waals surface area contributed by atoms with Gasteiger partial charge in [-0.05, 0) is 58.4 Å². The van der Waals surface area contributed by atoms with E-state index in [1.807, 2.05) is 0 Å². The van der Waals surface area contributed by atoms with E-state index in [1.165, 1.54) is 9.80 Å². The van der Waals surface area contributed by atoms with Gasteiger partial charge in [-0.2, -0.15) is 18.3 Å². The molecule has 0 bridgehead atoms. The number of carbonyl (C=O) groups is 4. The van der Waals surface area contributed by atoms with Crippen LogP contribution < -0.4 is 5.32 Å². The molecule has 3 amide bonds. The highest BCUT2D eigenvalue weighted by atomic mass is 19.4. The molecule has 2 heterocycles. The highest BCUT2D eigenvalue weighted by Gasteiger charge is 2.33. The van der Waals surface area contributed by atoms with E-state index in [2.05, 4.69) is 10.4 Å². The van der Waals surface area contributed by atoms with E-state index in [1.54, 1.807) is 27.7 Å². The number of carbonyl (C=O) groups excluding carboxylic acids is 4. The summed E-state index contributed by atoms with van der Waals surface area (Å²) in [5.74, 6) is -2.46. The lowest BCUT2D eigenvalue weighted by atomic mass is 10.1. The average Bonchev–Trinajstić information content (AvgIpc) is 3.31. The number of halogens is 3. The molecule has 42 heavy (non-hydrogen) atoms. The zero-order valence-corrected chi connectivity index (χ0v) is 23.7. The third kappa shape index (κ3) is 8.60. The summed E-state index contributed by atoms with van der Waals surface area (Å²) in [6, 6.07) is 3.60. The lowest BCUT2D eigenvalue weighted by Gasteiger charge is -2.36. The van der Waals surface area contributed by atoms with Crippen molar-refractivity contribution in [2.45, 2.75) is 58.4 Å². The summed E-state index contributed by atoms with van der Waals surface area (Å²) in [5, 5.41) is 16.9. The number of aromatic nitrogens is 2. The molecule has 0 unspecified atom stereocenters. The van der Waals surface area contributed by atoms with Gasteiger partial charge in [0.2, 0.25) is 11.8 Å². The molecule has 230 valence electrons. The maximum Gasteiger partial charge on any atom is 0.416 e. The van der Waals surface area contributed by atoms with Crippen LogP contribution >= 0.6 is 0 Å². The second kappa shape index (κ2) is 13.1. The number of aromatic hydroxyl groups is 1. The SMILES string of the molecule is CCOC(=O)N1CCN(C(=O)[C@H](CCC(=O)OC(C)(C)C)NC(=O)c2cc(O)n(-c3ccc(C(F)(F)F)cc3)n2)CC1. The zero-order valence-electron chi connectivity index (χ0n) is 23.7. The maximum absolute atomic E-state index is 13.4. The predicted octanol–water partition coefficient (Wildman–Crippen LogP) is 3.12. The van der Waals surface area contributed by atoms with Crippen molar-refractivity contribution in [2.24, 2.45) is 0 Å². The summed E-state index contributed by atoms with van der Waals surface area (Å²) in [4.78, 5) is 53.8. The summed E-state index contributed by atoms with van der Waals surface area (Å²) in [6.45, 7) is 7.72. The number of hydrogen-bond donors (Lipinski definition) is 2. The van der Waals surface area contributed by atoms with Gasteiger partial charge in [0, 0.05) is 38.7 Å². The van der Waals surface area contributed by atoms with E-state index in [0.29, 0.717) is 0 Å². The van der Waals surface area contributed by atoms with Gasteiger partial charge in [0.15, 0.2) is 5.69 Å². The Bertz CT molecular complexity index is 1280. The van der Waals surface area contributed by atoms with Gasteiger partial charge in [-0.25, -0.2) is 9.48 Å². The Morgan fingerprint density at radius 2 is 1.62 bits per heavy atom. The Kier molecular flexibility index (Phi) is 10.1. The monoisotopic (exact) mass is 597 g/mol. The van der Waals surface area contributed by atoms with Crippen molar-refractivity contribution < 1.29 is 46.9 Å². The first-order chi connectivity index (χ1) is 19.6. The number of nitrogens with one attached hydrogen (secondary N) is 1. The van der Waals surface area contributed by atoms with Gasteiger partial charge < -0.3 is 29.7 Å². The summed E-state index contributed by atoms with van der Waals surface area (Å²) in [5.41, 5.74) is -1.90. The Hall–Kier alpha value is -4.30. The Morgan fingerprint density at radius 3 is 2.17 bits per heavy atom. The van der Waals surface area contributed by atoms with Gasteiger partial charge in [0.05, 0.1) is 17.9 Å². The normalized spacial score (nSPS) is 14.7. The van der Waals surface area contributed by atoms with Gasteiger partial charge in [-0.15, -0.1) is 0 Å². The van der Waals surface area contributed by atoms with Crippen LogP contribution in [0.2, 0.25) is 0 Å². The van der Waals surface area contributed by atoms with Crippen LogP contribution in [0.15, 0.2) is 30.3 Å². The quantitative estimate of drug-likeness (QED) is 0.442. The minimum absolute atomic E-state index is 0.0663. The molecule has 0 aliphatic carbocycles. The van der Waals surface area contributed by atoms with Crippen LogP contribution in [-0.2, 0) is 25.2 Å². The molecule has 1 aliphatic heterocycles. The molecular formula is C27H34F3N5O7. The number of rotatable bonds is 8. The summed E-state index contributed by atoms with van der Waals surface area (Å²) >= 11 is 0. The number of piperazine rings is 1. The molecule has 1 aliphatic rings. The van der Waals surface area contributed by atoms with Gasteiger partial charge in [0.1, 0.15) is 11.6 Å². The second-order valence-corrected chi connectivity index (χ2v) is 10.5. The Morgan fingerprint density at radius 1 is 1.02 bits per heavy atom. The standard InChI is InChI=1S/C27H34F3N5O7/c1-5-41-25(40)34-14-12-33(13-15-34)24(39)19(10-11-22(37)42-26(2,3)4)31-23(38)20-16-21(36)35(32-20)18-8-6-17(7-9-18)27(28,29)30/h6-9,16,19,36H,5,10-15H2,1-4H3,(H,31,38)/t19-/m0/s1. The maximum atomic E-state index is 13.4. The lowest BCUT2D eigenvalue weighted by Crippen LogP contribution is -2.56. The molecule has 12 nitrogen and oxygen atoms in total. The Labute approximate surface area is 240 Å². The fourth-order valence-electron chi connectivity index (χ4n) is 4.15. The number of benzene rings is 1. The molecule has 15 heteroatoms. The third-order valence-electron chi connectivity index (χ3n) is 6.14. The fraction of sp³-hybridized carbons (Fsp3) is 0.519. The zero-order chi connectivity index (χ0) is 31.2. The molecule has 2 aromatic rings. The summed E-state index contributed by atoms with van der Waals surface area (Å²) in [6.07, 6.45) is -5.35.